The fourth-order valence-electron chi connectivity index (χ4n) is 3.09. The van der Waals surface area contributed by atoms with Crippen molar-refractivity contribution in [3.05, 3.63) is 58.7 Å². The minimum atomic E-state index is -0.336. The number of ether oxygens (including phenoxy) is 1. The van der Waals surface area contributed by atoms with Gasteiger partial charge in [0.25, 0.3) is 0 Å². The first-order valence-corrected chi connectivity index (χ1v) is 8.72. The van der Waals surface area contributed by atoms with Gasteiger partial charge in [0.2, 0.25) is 0 Å². The molecule has 0 saturated carbocycles. The molecule has 1 unspecified atom stereocenters. The number of aryl methyl sites for hydroxylation is 1. The SMILES string of the molecule is C=C(C)CCc1c(C)cc(O)c2c1OC(C)(/C=C/C=C(C)C)CC2. The first-order chi connectivity index (χ1) is 11.2. The molecule has 2 rings (SSSR count). The molecule has 1 aliphatic rings. The Morgan fingerprint density at radius 3 is 2.71 bits per heavy atom. The predicted octanol–water partition coefficient (Wildman–Crippen LogP) is 5.82. The molecule has 130 valence electrons. The Hall–Kier alpha value is -1.96. The summed E-state index contributed by atoms with van der Waals surface area (Å²) in [5.74, 6) is 1.24. The van der Waals surface area contributed by atoms with E-state index in [4.69, 9.17) is 4.74 Å². The van der Waals surface area contributed by atoms with Gasteiger partial charge in [0, 0.05) is 5.56 Å². The van der Waals surface area contributed by atoms with Crippen LogP contribution >= 0.6 is 0 Å². The number of aromatic hydroxyl groups is 1. The van der Waals surface area contributed by atoms with E-state index in [9.17, 15) is 5.11 Å². The molecule has 0 radical (unpaired) electrons. The molecule has 0 bridgehead atoms. The molecule has 0 fully saturated rings. The average Bonchev–Trinajstić information content (AvgIpc) is 2.45. The second kappa shape index (κ2) is 7.29. The molecule has 1 N–H and O–H groups in total. The third kappa shape index (κ3) is 4.31. The number of benzene rings is 1. The number of fused-ring (bicyclic) bond motifs is 1. The molecular weight excluding hydrogens is 296 g/mol. The van der Waals surface area contributed by atoms with E-state index in [1.54, 1.807) is 0 Å². The lowest BCUT2D eigenvalue weighted by Crippen LogP contribution is -2.34. The lowest BCUT2D eigenvalue weighted by Gasteiger charge is -2.35. The van der Waals surface area contributed by atoms with Gasteiger partial charge in [-0.1, -0.05) is 23.3 Å². The molecule has 24 heavy (non-hydrogen) atoms. The Bertz CT molecular complexity index is 690. The van der Waals surface area contributed by atoms with Crippen molar-refractivity contribution in [1.82, 2.24) is 0 Å². The van der Waals surface area contributed by atoms with Crippen LogP contribution in [0.15, 0.2) is 42.0 Å². The standard InChI is InChI=1S/C22H30O2/c1-15(2)8-7-12-22(6)13-11-19-20(23)14-17(5)18(21(19)24-22)10-9-16(3)4/h7-8,12,14,23H,3,9-11,13H2,1-2,4-6H3/b12-7+. The van der Waals surface area contributed by atoms with E-state index in [0.717, 1.165) is 42.6 Å². The largest absolute Gasteiger partial charge is 0.508 e. The molecule has 0 amide bonds. The quantitative estimate of drug-likeness (QED) is 0.546. The molecule has 0 aromatic heterocycles. The lowest BCUT2D eigenvalue weighted by atomic mass is 9.87. The van der Waals surface area contributed by atoms with Crippen LogP contribution in [0.2, 0.25) is 0 Å². The van der Waals surface area contributed by atoms with Gasteiger partial charge in [-0.2, -0.15) is 0 Å². The molecule has 1 heterocycles. The first-order valence-electron chi connectivity index (χ1n) is 8.72. The van der Waals surface area contributed by atoms with Crippen LogP contribution in [0.1, 0.15) is 57.2 Å². The number of hydrogen-bond donors (Lipinski definition) is 1. The summed E-state index contributed by atoms with van der Waals surface area (Å²) in [5, 5.41) is 10.3. The Balaban J connectivity index is 2.38. The fourth-order valence-corrected chi connectivity index (χ4v) is 3.09. The monoisotopic (exact) mass is 326 g/mol. The third-order valence-corrected chi connectivity index (χ3v) is 4.57. The van der Waals surface area contributed by atoms with E-state index in [1.165, 1.54) is 16.7 Å². The summed E-state index contributed by atoms with van der Waals surface area (Å²) in [6.45, 7) is 14.4. The average molecular weight is 326 g/mol. The van der Waals surface area contributed by atoms with Crippen molar-refractivity contribution in [3.8, 4) is 11.5 Å². The van der Waals surface area contributed by atoms with Gasteiger partial charge in [-0.25, -0.2) is 0 Å². The van der Waals surface area contributed by atoms with E-state index in [2.05, 4.69) is 52.5 Å². The van der Waals surface area contributed by atoms with Crippen LogP contribution in [0.5, 0.6) is 11.5 Å². The molecule has 1 aliphatic heterocycles. The van der Waals surface area contributed by atoms with Gasteiger partial charge in [0.15, 0.2) is 0 Å². The second-order valence-electron chi connectivity index (χ2n) is 7.47. The van der Waals surface area contributed by atoms with Crippen molar-refractivity contribution in [2.75, 3.05) is 0 Å². The summed E-state index contributed by atoms with van der Waals surface area (Å²) in [7, 11) is 0. The predicted molar refractivity (Wildman–Crippen MR) is 102 cm³/mol. The topological polar surface area (TPSA) is 29.5 Å². The summed E-state index contributed by atoms with van der Waals surface area (Å²) in [6, 6.07) is 1.87. The molecule has 0 aliphatic carbocycles. The number of hydrogen-bond acceptors (Lipinski definition) is 2. The van der Waals surface area contributed by atoms with Gasteiger partial charge in [-0.3, -0.25) is 0 Å². The minimum absolute atomic E-state index is 0.336. The normalized spacial score (nSPS) is 19.7. The zero-order chi connectivity index (χ0) is 17.9. The summed E-state index contributed by atoms with van der Waals surface area (Å²) < 4.78 is 6.42. The van der Waals surface area contributed by atoms with Gasteiger partial charge >= 0.3 is 0 Å². The number of phenols is 1. The van der Waals surface area contributed by atoms with Crippen molar-refractivity contribution in [2.45, 2.75) is 65.9 Å². The van der Waals surface area contributed by atoms with Crippen LogP contribution in [0.3, 0.4) is 0 Å². The zero-order valence-corrected chi connectivity index (χ0v) is 15.7. The van der Waals surface area contributed by atoms with Crippen molar-refractivity contribution in [3.63, 3.8) is 0 Å². The fraction of sp³-hybridized carbons (Fsp3) is 0.455. The zero-order valence-electron chi connectivity index (χ0n) is 15.7. The highest BCUT2D eigenvalue weighted by atomic mass is 16.5. The van der Waals surface area contributed by atoms with Crippen molar-refractivity contribution in [1.29, 1.82) is 0 Å². The van der Waals surface area contributed by atoms with Gasteiger partial charge in [0.05, 0.1) is 0 Å². The third-order valence-electron chi connectivity index (χ3n) is 4.57. The highest BCUT2D eigenvalue weighted by molar-refractivity contribution is 5.55. The summed E-state index contributed by atoms with van der Waals surface area (Å²) in [5.41, 5.74) is 5.33. The molecule has 1 aromatic carbocycles. The molecule has 1 atom stereocenters. The molecular formula is C22H30O2. The van der Waals surface area contributed by atoms with Gasteiger partial charge in [-0.15, -0.1) is 6.58 Å². The number of rotatable bonds is 5. The first kappa shape index (κ1) is 18.4. The van der Waals surface area contributed by atoms with E-state index in [1.807, 2.05) is 13.0 Å². The second-order valence-corrected chi connectivity index (χ2v) is 7.47. The van der Waals surface area contributed by atoms with Crippen molar-refractivity contribution in [2.24, 2.45) is 0 Å². The molecule has 0 saturated heterocycles. The Morgan fingerprint density at radius 1 is 1.38 bits per heavy atom. The van der Waals surface area contributed by atoms with E-state index in [-0.39, 0.29) is 5.60 Å². The van der Waals surface area contributed by atoms with Gasteiger partial charge < -0.3 is 9.84 Å². The van der Waals surface area contributed by atoms with Gasteiger partial charge in [0.1, 0.15) is 17.1 Å². The summed E-state index contributed by atoms with van der Waals surface area (Å²) in [4.78, 5) is 0. The molecule has 0 spiro atoms. The highest BCUT2D eigenvalue weighted by Gasteiger charge is 2.32. The van der Waals surface area contributed by atoms with E-state index >= 15 is 0 Å². The highest BCUT2D eigenvalue weighted by Crippen LogP contribution is 2.43. The summed E-state index contributed by atoms with van der Waals surface area (Å²) in [6.07, 6.45) is 9.83. The van der Waals surface area contributed by atoms with Crippen LogP contribution < -0.4 is 4.74 Å². The maximum Gasteiger partial charge on any atom is 0.130 e. The van der Waals surface area contributed by atoms with Crippen LogP contribution in [0.25, 0.3) is 0 Å². The minimum Gasteiger partial charge on any atom is -0.508 e. The van der Waals surface area contributed by atoms with Crippen LogP contribution in [0.4, 0.5) is 0 Å². The van der Waals surface area contributed by atoms with E-state index < -0.39 is 0 Å². The molecule has 2 heteroatoms. The van der Waals surface area contributed by atoms with Gasteiger partial charge in [-0.05, 0) is 83.6 Å². The Morgan fingerprint density at radius 2 is 2.08 bits per heavy atom. The molecule has 1 aromatic rings. The number of allylic oxidation sites excluding steroid dienone is 4. The molecule has 2 nitrogen and oxygen atoms in total. The van der Waals surface area contributed by atoms with Crippen molar-refractivity contribution < 1.29 is 9.84 Å². The van der Waals surface area contributed by atoms with Crippen LogP contribution in [0, 0.1) is 6.92 Å². The maximum atomic E-state index is 10.3. The van der Waals surface area contributed by atoms with E-state index in [0.29, 0.717) is 5.75 Å². The number of phenolic OH excluding ortho intramolecular Hbond substituents is 1. The van der Waals surface area contributed by atoms with Crippen molar-refractivity contribution >= 4 is 0 Å². The van der Waals surface area contributed by atoms with Crippen LogP contribution in [-0.4, -0.2) is 10.7 Å². The Labute approximate surface area is 146 Å². The summed E-state index contributed by atoms with van der Waals surface area (Å²) >= 11 is 0. The lowest BCUT2D eigenvalue weighted by molar-refractivity contribution is 0.111. The Kier molecular flexibility index (Phi) is 5.58. The van der Waals surface area contributed by atoms with Crippen LogP contribution in [-0.2, 0) is 12.8 Å². The maximum absolute atomic E-state index is 10.3. The smallest absolute Gasteiger partial charge is 0.130 e.